The molecule has 4 rings (SSSR count). The number of para-hydroxylation sites is 2. The van der Waals surface area contributed by atoms with E-state index in [0.717, 1.165) is 33.9 Å². The summed E-state index contributed by atoms with van der Waals surface area (Å²) in [7, 11) is 0. The van der Waals surface area contributed by atoms with Crippen molar-refractivity contribution < 1.29 is 4.79 Å². The molecule has 0 unspecified atom stereocenters. The van der Waals surface area contributed by atoms with Gasteiger partial charge < -0.3 is 4.90 Å². The van der Waals surface area contributed by atoms with Crippen LogP contribution in [0.5, 0.6) is 0 Å². The fourth-order valence-electron chi connectivity index (χ4n) is 3.48. The highest BCUT2D eigenvalue weighted by Crippen LogP contribution is 2.29. The van der Waals surface area contributed by atoms with Gasteiger partial charge in [-0.25, -0.2) is 4.68 Å². The first-order valence-electron chi connectivity index (χ1n) is 9.36. The molecule has 0 saturated carbocycles. The molecule has 0 atom stereocenters. The van der Waals surface area contributed by atoms with Crippen molar-refractivity contribution in [1.29, 1.82) is 0 Å². The number of amides is 1. The highest BCUT2D eigenvalue weighted by atomic mass is 16.2. The Hall–Kier alpha value is -3.80. The summed E-state index contributed by atoms with van der Waals surface area (Å²) in [4.78, 5) is 14.4. The third-order valence-electron chi connectivity index (χ3n) is 4.90. The van der Waals surface area contributed by atoms with Crippen LogP contribution in [0.4, 0.5) is 5.69 Å². The van der Waals surface area contributed by atoms with Crippen LogP contribution in [0.3, 0.4) is 0 Å². The first kappa shape index (κ1) is 18.6. The number of hydrogen-bond donors (Lipinski definition) is 0. The third kappa shape index (κ3) is 3.29. The van der Waals surface area contributed by atoms with Crippen LogP contribution in [-0.2, 0) is 4.79 Å². The Morgan fingerprint density at radius 1 is 1.07 bits per heavy atom. The molecule has 144 valence electrons. The largest absolute Gasteiger partial charge is 0.302 e. The lowest BCUT2D eigenvalue weighted by atomic mass is 10.1. The average Bonchev–Trinajstić information content (AvgIpc) is 3.18. The van der Waals surface area contributed by atoms with E-state index in [0.29, 0.717) is 12.3 Å². The molecule has 29 heavy (non-hydrogen) atoms. The summed E-state index contributed by atoms with van der Waals surface area (Å²) in [5.74, 6) is -0.170. The number of hydrogen-bond acceptors (Lipinski definition) is 4. The quantitative estimate of drug-likeness (QED) is 0.382. The van der Waals surface area contributed by atoms with Crippen LogP contribution in [0.15, 0.2) is 77.5 Å². The lowest BCUT2D eigenvalue weighted by molar-refractivity contribution is -0.112. The summed E-state index contributed by atoms with van der Waals surface area (Å²) >= 11 is 0. The zero-order valence-electron chi connectivity index (χ0n) is 16.4. The predicted molar refractivity (Wildman–Crippen MR) is 116 cm³/mol. The Morgan fingerprint density at radius 3 is 2.55 bits per heavy atom. The Labute approximate surface area is 169 Å². The second-order valence-electron chi connectivity index (χ2n) is 6.75. The summed E-state index contributed by atoms with van der Waals surface area (Å²) in [6.45, 7) is 8.09. The van der Waals surface area contributed by atoms with E-state index >= 15 is 0 Å². The van der Waals surface area contributed by atoms with E-state index in [9.17, 15) is 4.79 Å². The molecule has 2 heterocycles. The number of fused-ring (bicyclic) bond motifs is 1. The highest BCUT2D eigenvalue weighted by Gasteiger charge is 2.33. The van der Waals surface area contributed by atoms with E-state index in [2.05, 4.69) is 21.9 Å². The predicted octanol–water partition coefficient (Wildman–Crippen LogP) is 3.84. The van der Waals surface area contributed by atoms with Gasteiger partial charge in [0.25, 0.3) is 5.91 Å². The van der Waals surface area contributed by atoms with Gasteiger partial charge in [-0.1, -0.05) is 42.5 Å². The Bertz CT molecular complexity index is 1140. The van der Waals surface area contributed by atoms with E-state index in [-0.39, 0.29) is 5.91 Å². The molecule has 1 aliphatic rings. The fourth-order valence-corrected chi connectivity index (χ4v) is 3.48. The topological polar surface area (TPSA) is 62.9 Å². The molecule has 6 heteroatoms. The van der Waals surface area contributed by atoms with Gasteiger partial charge in [0, 0.05) is 17.7 Å². The molecule has 0 N–H and O–H groups in total. The second kappa shape index (κ2) is 7.67. The lowest BCUT2D eigenvalue weighted by Gasteiger charge is -2.13. The minimum absolute atomic E-state index is 0.170. The van der Waals surface area contributed by atoms with Gasteiger partial charge in [0.2, 0.25) is 0 Å². The Kier molecular flexibility index (Phi) is 4.91. The van der Waals surface area contributed by atoms with Gasteiger partial charge in [0.15, 0.2) is 5.71 Å². The smallest absolute Gasteiger partial charge is 0.279 e. The first-order valence-corrected chi connectivity index (χ1v) is 9.36. The summed E-state index contributed by atoms with van der Waals surface area (Å²) in [6.07, 6.45) is 3.36. The lowest BCUT2D eigenvalue weighted by Crippen LogP contribution is -2.30. The van der Waals surface area contributed by atoms with Gasteiger partial charge in [-0.05, 0) is 32.0 Å². The molecule has 0 radical (unpaired) electrons. The van der Waals surface area contributed by atoms with Crippen LogP contribution in [0, 0.1) is 13.8 Å². The van der Waals surface area contributed by atoms with E-state index in [1.165, 1.54) is 0 Å². The summed E-state index contributed by atoms with van der Waals surface area (Å²) in [6, 6.07) is 17.5. The Morgan fingerprint density at radius 2 is 1.79 bits per heavy atom. The number of nitrogens with zero attached hydrogens (tertiary/aromatic N) is 5. The minimum Gasteiger partial charge on any atom is -0.302 e. The van der Waals surface area contributed by atoms with Crippen LogP contribution in [0.25, 0.3) is 5.69 Å². The van der Waals surface area contributed by atoms with E-state index < -0.39 is 0 Å². The molecule has 0 aliphatic carbocycles. The molecule has 3 aromatic rings. The molecule has 0 bridgehead atoms. The van der Waals surface area contributed by atoms with Crippen molar-refractivity contribution in [3.05, 3.63) is 89.8 Å². The summed E-state index contributed by atoms with van der Waals surface area (Å²) in [5.41, 5.74) is 5.63. The molecule has 1 amide bonds. The normalized spacial score (nSPS) is 14.8. The number of aromatic nitrogens is 2. The van der Waals surface area contributed by atoms with Crippen LogP contribution in [0.2, 0.25) is 0 Å². The molecule has 0 spiro atoms. The van der Waals surface area contributed by atoms with Crippen LogP contribution < -0.4 is 4.90 Å². The van der Waals surface area contributed by atoms with Gasteiger partial charge in [-0.15, -0.1) is 11.7 Å². The number of aryl methyl sites for hydroxylation is 1. The van der Waals surface area contributed by atoms with Crippen LogP contribution >= 0.6 is 0 Å². The van der Waals surface area contributed by atoms with Gasteiger partial charge in [0.1, 0.15) is 0 Å². The van der Waals surface area contributed by atoms with Crippen molar-refractivity contribution in [2.24, 2.45) is 10.2 Å². The van der Waals surface area contributed by atoms with Gasteiger partial charge in [0.05, 0.1) is 29.0 Å². The van der Waals surface area contributed by atoms with Gasteiger partial charge in [-0.2, -0.15) is 10.2 Å². The maximum atomic E-state index is 12.8. The number of carbonyl (C=O) groups is 1. The molecule has 2 aromatic carbocycles. The first-order chi connectivity index (χ1) is 14.1. The van der Waals surface area contributed by atoms with Crippen molar-refractivity contribution in [1.82, 2.24) is 9.78 Å². The average molecular weight is 383 g/mol. The number of anilines is 1. The SMILES string of the molecule is C=CCN1C(=O)/C(=N/N=C/c2c(C)nn(-c3ccccc3)c2C)c2ccccc21. The molecule has 0 fully saturated rings. The number of benzene rings is 2. The number of carbonyl (C=O) groups excluding carboxylic acids is 1. The molecular weight excluding hydrogens is 362 g/mol. The molecule has 0 saturated heterocycles. The molecule has 1 aliphatic heterocycles. The summed E-state index contributed by atoms with van der Waals surface area (Å²) < 4.78 is 1.88. The van der Waals surface area contributed by atoms with Crippen molar-refractivity contribution in [2.75, 3.05) is 11.4 Å². The van der Waals surface area contributed by atoms with E-state index in [1.807, 2.05) is 73.1 Å². The van der Waals surface area contributed by atoms with E-state index in [4.69, 9.17) is 0 Å². The molecular formula is C23H21N5O. The standard InChI is InChI=1S/C23H21N5O/c1-4-14-27-21-13-9-8-12-19(21)22(23(27)29)25-24-15-20-16(2)26-28(17(20)3)18-10-6-5-7-11-18/h4-13,15H,1,14H2,2-3H3/b24-15+,25-22+. The summed E-state index contributed by atoms with van der Waals surface area (Å²) in [5, 5.41) is 13.1. The second-order valence-corrected chi connectivity index (χ2v) is 6.75. The number of rotatable bonds is 5. The zero-order chi connectivity index (χ0) is 20.4. The van der Waals surface area contributed by atoms with Gasteiger partial charge >= 0.3 is 0 Å². The maximum Gasteiger partial charge on any atom is 0.279 e. The van der Waals surface area contributed by atoms with Crippen molar-refractivity contribution in [3.63, 3.8) is 0 Å². The van der Waals surface area contributed by atoms with Crippen molar-refractivity contribution in [2.45, 2.75) is 13.8 Å². The van der Waals surface area contributed by atoms with E-state index in [1.54, 1.807) is 17.2 Å². The highest BCUT2D eigenvalue weighted by molar-refractivity contribution is 6.54. The third-order valence-corrected chi connectivity index (χ3v) is 4.90. The molecule has 1 aromatic heterocycles. The van der Waals surface area contributed by atoms with Crippen LogP contribution in [0.1, 0.15) is 22.5 Å². The fraction of sp³-hybridized carbons (Fsp3) is 0.130. The Balaban J connectivity index is 1.67. The van der Waals surface area contributed by atoms with Crippen molar-refractivity contribution >= 4 is 23.5 Å². The van der Waals surface area contributed by atoms with Crippen molar-refractivity contribution in [3.8, 4) is 5.69 Å². The molecule has 6 nitrogen and oxygen atoms in total. The monoisotopic (exact) mass is 383 g/mol. The maximum absolute atomic E-state index is 12.8. The minimum atomic E-state index is -0.170. The van der Waals surface area contributed by atoms with Crippen LogP contribution in [-0.4, -0.2) is 34.2 Å². The zero-order valence-corrected chi connectivity index (χ0v) is 16.4. The van der Waals surface area contributed by atoms with Gasteiger partial charge in [-0.3, -0.25) is 4.79 Å².